The second-order valence-electron chi connectivity index (χ2n) is 7.33. The molecule has 3 aromatic rings. The Hall–Kier alpha value is -3.60. The highest BCUT2D eigenvalue weighted by Gasteiger charge is 2.14. The number of pyridine rings is 1. The van der Waals surface area contributed by atoms with E-state index in [0.29, 0.717) is 30.9 Å². The van der Waals surface area contributed by atoms with Gasteiger partial charge in [-0.05, 0) is 49.2 Å². The van der Waals surface area contributed by atoms with Crippen LogP contribution < -0.4 is 20.3 Å². The Morgan fingerprint density at radius 3 is 2.50 bits per heavy atom. The number of aromatic nitrogens is 1. The molecule has 3 N–H and O–H groups in total. The van der Waals surface area contributed by atoms with Crippen molar-refractivity contribution in [3.05, 3.63) is 82.3 Å². The lowest BCUT2D eigenvalue weighted by atomic mass is 10.0. The Kier molecular flexibility index (Phi) is 8.03. The van der Waals surface area contributed by atoms with Crippen LogP contribution in [0.2, 0.25) is 0 Å². The Bertz CT molecular complexity index is 1100. The van der Waals surface area contributed by atoms with Gasteiger partial charge in [-0.3, -0.25) is 10.1 Å². The van der Waals surface area contributed by atoms with Crippen LogP contribution in [0.1, 0.15) is 31.0 Å². The lowest BCUT2D eigenvalue weighted by molar-refractivity contribution is 0.0410. The van der Waals surface area contributed by atoms with Gasteiger partial charge in [-0.25, -0.2) is 0 Å². The topological polar surface area (TPSA) is 107 Å². The van der Waals surface area contributed by atoms with Gasteiger partial charge in [0.25, 0.3) is 5.56 Å². The minimum Gasteiger partial charge on any atom is -0.493 e. The maximum atomic E-state index is 11.8. The summed E-state index contributed by atoms with van der Waals surface area (Å²) >= 11 is 0. The third-order valence-corrected chi connectivity index (χ3v) is 4.95. The van der Waals surface area contributed by atoms with Gasteiger partial charge in [0.1, 0.15) is 29.4 Å². The van der Waals surface area contributed by atoms with Gasteiger partial charge in [-0.2, -0.15) is 5.26 Å². The van der Waals surface area contributed by atoms with E-state index < -0.39 is 11.8 Å². The first-order chi connectivity index (χ1) is 15.5. The maximum absolute atomic E-state index is 11.8. The summed E-state index contributed by atoms with van der Waals surface area (Å²) in [7, 11) is 0. The molecule has 0 saturated carbocycles. The molecule has 166 valence electrons. The number of para-hydroxylation sites is 1. The zero-order valence-electron chi connectivity index (χ0n) is 18.2. The molecular weight excluding hydrogens is 406 g/mol. The number of aliphatic hydroxyl groups excluding tert-OH is 1. The second-order valence-corrected chi connectivity index (χ2v) is 7.33. The van der Waals surface area contributed by atoms with Crippen LogP contribution in [0.5, 0.6) is 11.5 Å². The van der Waals surface area contributed by atoms with Gasteiger partial charge in [-0.15, -0.1) is 0 Å². The van der Waals surface area contributed by atoms with Crippen molar-refractivity contribution >= 4 is 0 Å². The predicted molar refractivity (Wildman–Crippen MR) is 122 cm³/mol. The quantitative estimate of drug-likeness (QED) is 0.421. The molecule has 0 fully saturated rings. The number of H-pyrrole nitrogens is 1. The van der Waals surface area contributed by atoms with Crippen LogP contribution in [0.3, 0.4) is 0 Å². The van der Waals surface area contributed by atoms with Gasteiger partial charge in [0, 0.05) is 17.7 Å². The number of aliphatic hydroxyl groups is 1. The number of hydrogen-bond donors (Lipinski definition) is 3. The van der Waals surface area contributed by atoms with Crippen molar-refractivity contribution in [1.29, 1.82) is 5.26 Å². The molecule has 1 heterocycles. The third-order valence-electron chi connectivity index (χ3n) is 4.95. The number of aromatic amines is 1. The molecule has 3 rings (SSSR count). The molecule has 2 unspecified atom stereocenters. The molecule has 0 aliphatic heterocycles. The van der Waals surface area contributed by atoms with E-state index in [1.54, 1.807) is 13.0 Å². The summed E-state index contributed by atoms with van der Waals surface area (Å²) in [5, 5.41) is 22.4. The van der Waals surface area contributed by atoms with Crippen LogP contribution in [0.4, 0.5) is 0 Å². The highest BCUT2D eigenvalue weighted by molar-refractivity contribution is 5.67. The molecule has 0 radical (unpaired) electrons. The molecule has 7 nitrogen and oxygen atoms in total. The van der Waals surface area contributed by atoms with E-state index >= 15 is 0 Å². The van der Waals surface area contributed by atoms with E-state index in [2.05, 4.69) is 10.3 Å². The summed E-state index contributed by atoms with van der Waals surface area (Å²) in [6.07, 6.45) is -0.0627. The van der Waals surface area contributed by atoms with Crippen LogP contribution in [0.15, 0.2) is 65.5 Å². The molecule has 7 heteroatoms. The monoisotopic (exact) mass is 433 g/mol. The summed E-state index contributed by atoms with van der Waals surface area (Å²) in [6.45, 7) is 4.14. The van der Waals surface area contributed by atoms with Crippen molar-refractivity contribution in [3.8, 4) is 28.7 Å². The van der Waals surface area contributed by atoms with Crippen molar-refractivity contribution in [1.82, 2.24) is 10.3 Å². The van der Waals surface area contributed by atoms with Gasteiger partial charge < -0.3 is 19.6 Å². The normalized spacial score (nSPS) is 12.6. The second kappa shape index (κ2) is 11.1. The van der Waals surface area contributed by atoms with Gasteiger partial charge in [-0.1, -0.05) is 37.3 Å². The van der Waals surface area contributed by atoms with Gasteiger partial charge in [0.15, 0.2) is 6.23 Å². The van der Waals surface area contributed by atoms with Crippen LogP contribution >= 0.6 is 0 Å². The number of rotatable bonds is 10. The van der Waals surface area contributed by atoms with E-state index in [4.69, 9.17) is 14.7 Å². The predicted octanol–water partition coefficient (Wildman–Crippen LogP) is 3.71. The first-order valence-electron chi connectivity index (χ1n) is 10.5. The Balaban J connectivity index is 1.56. The first-order valence-corrected chi connectivity index (χ1v) is 10.5. The molecule has 0 aliphatic rings. The first kappa shape index (κ1) is 23.1. The van der Waals surface area contributed by atoms with E-state index in [9.17, 15) is 9.90 Å². The smallest absolute Gasteiger partial charge is 0.266 e. The molecular formula is C25H27N3O4. The number of hydrogen-bond acceptors (Lipinski definition) is 6. The standard InChI is InChI=1S/C25H27N3O4/c1-3-24(28-23(29)13-14-31-20-7-5-4-6-8-20)32-21-11-9-18(10-12-21)22-15-19(16-26)25(30)27-17(22)2/h4-12,15,23-24,28-29H,3,13-14H2,1-2H3,(H,27,30). The molecule has 2 atom stereocenters. The Morgan fingerprint density at radius 2 is 1.84 bits per heavy atom. The number of nitriles is 1. The van der Waals surface area contributed by atoms with Gasteiger partial charge >= 0.3 is 0 Å². The van der Waals surface area contributed by atoms with Crippen LogP contribution in [-0.4, -0.2) is 29.2 Å². The molecule has 0 amide bonds. The number of ether oxygens (including phenoxy) is 2. The van der Waals surface area contributed by atoms with E-state index in [1.807, 2.05) is 67.6 Å². The summed E-state index contributed by atoms with van der Waals surface area (Å²) < 4.78 is 11.6. The van der Waals surface area contributed by atoms with Crippen LogP contribution in [0.25, 0.3) is 11.1 Å². The molecule has 0 spiro atoms. The van der Waals surface area contributed by atoms with E-state index in [0.717, 1.165) is 16.9 Å². The molecule has 0 bridgehead atoms. The number of aryl methyl sites for hydroxylation is 1. The minimum atomic E-state index is -0.767. The minimum absolute atomic E-state index is 0.0754. The van der Waals surface area contributed by atoms with Crippen molar-refractivity contribution < 1.29 is 14.6 Å². The number of nitrogens with one attached hydrogen (secondary N) is 2. The fraction of sp³-hybridized carbons (Fsp3) is 0.280. The van der Waals surface area contributed by atoms with E-state index in [-0.39, 0.29) is 11.8 Å². The van der Waals surface area contributed by atoms with Crippen molar-refractivity contribution in [3.63, 3.8) is 0 Å². The maximum Gasteiger partial charge on any atom is 0.266 e. The zero-order chi connectivity index (χ0) is 22.9. The van der Waals surface area contributed by atoms with E-state index in [1.165, 1.54) is 0 Å². The van der Waals surface area contributed by atoms with Crippen LogP contribution in [0, 0.1) is 18.3 Å². The Morgan fingerprint density at radius 1 is 1.12 bits per heavy atom. The summed E-state index contributed by atoms with van der Waals surface area (Å²) in [5.41, 5.74) is 2.02. The van der Waals surface area contributed by atoms with Crippen molar-refractivity contribution in [2.75, 3.05) is 6.61 Å². The lowest BCUT2D eigenvalue weighted by Gasteiger charge is -2.23. The zero-order valence-corrected chi connectivity index (χ0v) is 18.2. The van der Waals surface area contributed by atoms with Crippen molar-refractivity contribution in [2.24, 2.45) is 0 Å². The summed E-state index contributed by atoms with van der Waals surface area (Å²) in [4.78, 5) is 14.5. The Labute approximate surface area is 187 Å². The third kappa shape index (κ3) is 6.20. The van der Waals surface area contributed by atoms with Crippen molar-refractivity contribution in [2.45, 2.75) is 39.1 Å². The molecule has 32 heavy (non-hydrogen) atoms. The lowest BCUT2D eigenvalue weighted by Crippen LogP contribution is -2.42. The van der Waals surface area contributed by atoms with Gasteiger partial charge in [0.2, 0.25) is 0 Å². The molecule has 0 saturated heterocycles. The number of benzene rings is 2. The van der Waals surface area contributed by atoms with Crippen LogP contribution in [-0.2, 0) is 0 Å². The fourth-order valence-corrected chi connectivity index (χ4v) is 3.22. The molecule has 1 aromatic heterocycles. The number of nitrogens with zero attached hydrogens (tertiary/aromatic N) is 1. The SMILES string of the molecule is CCC(NC(O)CCOc1ccccc1)Oc1ccc(-c2cc(C#N)c(=O)[nH]c2C)cc1. The average Bonchev–Trinajstić information content (AvgIpc) is 2.80. The largest absolute Gasteiger partial charge is 0.493 e. The average molecular weight is 434 g/mol. The fourth-order valence-electron chi connectivity index (χ4n) is 3.22. The molecule has 0 aliphatic carbocycles. The summed E-state index contributed by atoms with van der Waals surface area (Å²) in [5.74, 6) is 1.41. The van der Waals surface area contributed by atoms with Gasteiger partial charge in [0.05, 0.1) is 6.61 Å². The molecule has 2 aromatic carbocycles. The highest BCUT2D eigenvalue weighted by atomic mass is 16.5. The highest BCUT2D eigenvalue weighted by Crippen LogP contribution is 2.25. The summed E-state index contributed by atoms with van der Waals surface area (Å²) in [6, 6.07) is 20.3.